The maximum Gasteiger partial charge on any atom is 0.252 e. The Hall–Kier alpha value is -2.81. The van der Waals surface area contributed by atoms with Crippen molar-refractivity contribution in [3.05, 3.63) is 77.4 Å². The van der Waals surface area contributed by atoms with Crippen molar-refractivity contribution in [2.45, 2.75) is 26.8 Å². The van der Waals surface area contributed by atoms with Crippen LogP contribution in [0.4, 0.5) is 0 Å². The van der Waals surface area contributed by atoms with Crippen molar-refractivity contribution in [1.82, 2.24) is 5.32 Å². The van der Waals surface area contributed by atoms with E-state index in [1.54, 1.807) is 12.1 Å². The second-order valence-corrected chi connectivity index (χ2v) is 6.82. The Kier molecular flexibility index (Phi) is 4.75. The third kappa shape index (κ3) is 3.66. The minimum Gasteiger partial charge on any atom is -0.508 e. The number of fused-ring (bicyclic) bond motifs is 1. The molecule has 3 nitrogen and oxygen atoms in total. The minimum absolute atomic E-state index is 0.100. The first-order valence-corrected chi connectivity index (χ1v) is 8.55. The first-order chi connectivity index (χ1) is 12.0. The fourth-order valence-corrected chi connectivity index (χ4v) is 3.25. The number of amides is 1. The predicted octanol–water partition coefficient (Wildman–Crippen LogP) is 4.98. The van der Waals surface area contributed by atoms with Gasteiger partial charge in [0, 0.05) is 5.56 Å². The molecule has 0 fully saturated rings. The molecule has 0 aromatic heterocycles. The van der Waals surface area contributed by atoms with Gasteiger partial charge < -0.3 is 10.4 Å². The van der Waals surface area contributed by atoms with Crippen LogP contribution in [0.25, 0.3) is 10.8 Å². The standard InChI is InChI=1S/C22H23NO2/c1-14(2)21(17-11-15(3)12-18(24)13-17)23-22(25)20-10-6-8-16-7-4-5-9-19(16)20/h4-14,21,24H,1-3H3,(H,23,25)/t21-/m0/s1. The van der Waals surface area contributed by atoms with Crippen LogP contribution < -0.4 is 5.32 Å². The molecule has 0 aliphatic rings. The second kappa shape index (κ2) is 6.98. The third-order valence-electron chi connectivity index (χ3n) is 4.43. The number of carbonyl (C=O) groups excluding carboxylic acids is 1. The van der Waals surface area contributed by atoms with E-state index in [0.29, 0.717) is 5.56 Å². The van der Waals surface area contributed by atoms with E-state index in [-0.39, 0.29) is 23.6 Å². The van der Waals surface area contributed by atoms with Gasteiger partial charge in [0.05, 0.1) is 6.04 Å². The van der Waals surface area contributed by atoms with Gasteiger partial charge in [-0.05, 0) is 52.9 Å². The van der Waals surface area contributed by atoms with E-state index in [1.165, 1.54) is 0 Å². The minimum atomic E-state index is -0.169. The number of rotatable bonds is 4. The third-order valence-corrected chi connectivity index (χ3v) is 4.43. The van der Waals surface area contributed by atoms with Gasteiger partial charge in [-0.15, -0.1) is 0 Å². The zero-order valence-electron chi connectivity index (χ0n) is 14.8. The molecule has 0 unspecified atom stereocenters. The summed E-state index contributed by atoms with van der Waals surface area (Å²) in [6.45, 7) is 6.06. The highest BCUT2D eigenvalue weighted by Gasteiger charge is 2.21. The van der Waals surface area contributed by atoms with E-state index >= 15 is 0 Å². The fraction of sp³-hybridized carbons (Fsp3) is 0.227. The van der Waals surface area contributed by atoms with Gasteiger partial charge in [0.15, 0.2) is 0 Å². The average molecular weight is 333 g/mol. The highest BCUT2D eigenvalue weighted by molar-refractivity contribution is 6.07. The number of carbonyl (C=O) groups is 1. The van der Waals surface area contributed by atoms with Gasteiger partial charge in [-0.1, -0.05) is 56.3 Å². The van der Waals surface area contributed by atoms with Crippen LogP contribution in [0.2, 0.25) is 0 Å². The summed E-state index contributed by atoms with van der Waals surface area (Å²) in [5, 5.41) is 15.0. The molecule has 0 aliphatic heterocycles. The van der Waals surface area contributed by atoms with E-state index in [1.807, 2.05) is 55.5 Å². The Morgan fingerprint density at radius 2 is 1.72 bits per heavy atom. The van der Waals surface area contributed by atoms with Crippen molar-refractivity contribution in [1.29, 1.82) is 0 Å². The van der Waals surface area contributed by atoms with Gasteiger partial charge in [0.25, 0.3) is 5.91 Å². The summed E-state index contributed by atoms with van der Waals surface area (Å²) < 4.78 is 0. The number of benzene rings is 3. The summed E-state index contributed by atoms with van der Waals surface area (Å²) in [7, 11) is 0. The van der Waals surface area contributed by atoms with Crippen LogP contribution in [0, 0.1) is 12.8 Å². The second-order valence-electron chi connectivity index (χ2n) is 6.82. The van der Waals surface area contributed by atoms with Crippen LogP contribution in [0.1, 0.15) is 41.4 Å². The molecule has 3 aromatic rings. The quantitative estimate of drug-likeness (QED) is 0.707. The van der Waals surface area contributed by atoms with Crippen LogP contribution in [-0.2, 0) is 0 Å². The Morgan fingerprint density at radius 3 is 2.44 bits per heavy atom. The molecule has 0 aliphatic carbocycles. The summed E-state index contributed by atoms with van der Waals surface area (Å²) in [5.74, 6) is 0.316. The largest absolute Gasteiger partial charge is 0.508 e. The van der Waals surface area contributed by atoms with Gasteiger partial charge in [0.2, 0.25) is 0 Å². The first kappa shape index (κ1) is 17.0. The number of hydrogen-bond donors (Lipinski definition) is 2. The predicted molar refractivity (Wildman–Crippen MR) is 102 cm³/mol. The summed E-state index contributed by atoms with van der Waals surface area (Å²) >= 11 is 0. The van der Waals surface area contributed by atoms with Crippen molar-refractivity contribution in [3.63, 3.8) is 0 Å². The van der Waals surface area contributed by atoms with E-state index in [4.69, 9.17) is 0 Å². The van der Waals surface area contributed by atoms with Crippen LogP contribution >= 0.6 is 0 Å². The molecule has 0 saturated carbocycles. The van der Waals surface area contributed by atoms with Crippen molar-refractivity contribution in [3.8, 4) is 5.75 Å². The van der Waals surface area contributed by atoms with E-state index in [9.17, 15) is 9.90 Å². The Labute approximate surface area is 148 Å². The van der Waals surface area contributed by atoms with Gasteiger partial charge in [-0.25, -0.2) is 0 Å². The summed E-state index contributed by atoms with van der Waals surface area (Å²) in [5.41, 5.74) is 2.56. The first-order valence-electron chi connectivity index (χ1n) is 8.55. The van der Waals surface area contributed by atoms with E-state index < -0.39 is 0 Å². The lowest BCUT2D eigenvalue weighted by atomic mass is 9.94. The Morgan fingerprint density at radius 1 is 1.00 bits per heavy atom. The molecule has 3 heteroatoms. The lowest BCUT2D eigenvalue weighted by molar-refractivity contribution is 0.0927. The summed E-state index contributed by atoms with van der Waals surface area (Å²) in [6.07, 6.45) is 0. The van der Waals surface area contributed by atoms with Gasteiger partial charge in [-0.2, -0.15) is 0 Å². The smallest absolute Gasteiger partial charge is 0.252 e. The van der Waals surface area contributed by atoms with Crippen LogP contribution in [0.5, 0.6) is 5.75 Å². The zero-order valence-corrected chi connectivity index (χ0v) is 14.8. The van der Waals surface area contributed by atoms with Crippen molar-refractivity contribution >= 4 is 16.7 Å². The zero-order chi connectivity index (χ0) is 18.0. The SMILES string of the molecule is Cc1cc(O)cc([C@@H](NC(=O)c2cccc3ccccc23)C(C)C)c1. The number of phenols is 1. The molecule has 0 heterocycles. The molecule has 0 bridgehead atoms. The molecule has 2 N–H and O–H groups in total. The maximum atomic E-state index is 12.9. The van der Waals surface area contributed by atoms with Gasteiger partial charge in [-0.3, -0.25) is 4.79 Å². The molecule has 0 spiro atoms. The van der Waals surface area contributed by atoms with Crippen molar-refractivity contribution < 1.29 is 9.90 Å². The van der Waals surface area contributed by atoms with Crippen molar-refractivity contribution in [2.75, 3.05) is 0 Å². The average Bonchev–Trinajstić information content (AvgIpc) is 2.57. The number of phenolic OH excluding ortho intramolecular Hbond substituents is 1. The number of aromatic hydroxyl groups is 1. The molecule has 0 saturated heterocycles. The fourth-order valence-electron chi connectivity index (χ4n) is 3.25. The molecule has 3 rings (SSSR count). The van der Waals surface area contributed by atoms with Crippen LogP contribution in [-0.4, -0.2) is 11.0 Å². The molecule has 3 aromatic carbocycles. The molecule has 0 radical (unpaired) electrons. The number of aryl methyl sites for hydroxylation is 1. The molecule has 128 valence electrons. The monoisotopic (exact) mass is 333 g/mol. The molecule has 25 heavy (non-hydrogen) atoms. The normalized spacial score (nSPS) is 12.3. The molecule has 1 atom stereocenters. The van der Waals surface area contributed by atoms with Crippen LogP contribution in [0.15, 0.2) is 60.7 Å². The number of hydrogen-bond acceptors (Lipinski definition) is 2. The van der Waals surface area contributed by atoms with Crippen LogP contribution in [0.3, 0.4) is 0 Å². The molecular formula is C22H23NO2. The summed E-state index contributed by atoms with van der Waals surface area (Å²) in [6, 6.07) is 18.9. The summed E-state index contributed by atoms with van der Waals surface area (Å²) in [4.78, 5) is 12.9. The highest BCUT2D eigenvalue weighted by Crippen LogP contribution is 2.27. The maximum absolute atomic E-state index is 12.9. The lowest BCUT2D eigenvalue weighted by Crippen LogP contribution is -2.32. The van der Waals surface area contributed by atoms with Gasteiger partial charge in [0.1, 0.15) is 5.75 Å². The number of nitrogens with one attached hydrogen (secondary N) is 1. The highest BCUT2D eigenvalue weighted by atomic mass is 16.3. The van der Waals surface area contributed by atoms with E-state index in [2.05, 4.69) is 19.2 Å². The van der Waals surface area contributed by atoms with E-state index in [0.717, 1.165) is 21.9 Å². The molecule has 1 amide bonds. The Bertz CT molecular complexity index is 889. The van der Waals surface area contributed by atoms with Gasteiger partial charge >= 0.3 is 0 Å². The Balaban J connectivity index is 1.96. The topological polar surface area (TPSA) is 49.3 Å². The van der Waals surface area contributed by atoms with Crippen molar-refractivity contribution in [2.24, 2.45) is 5.92 Å². The molecular weight excluding hydrogens is 310 g/mol. The lowest BCUT2D eigenvalue weighted by Gasteiger charge is -2.24.